The lowest BCUT2D eigenvalue weighted by Crippen LogP contribution is -1.97. The first-order valence-electron chi connectivity index (χ1n) is 7.86. The van der Waals surface area contributed by atoms with Gasteiger partial charge in [-0.25, -0.2) is 9.59 Å². The van der Waals surface area contributed by atoms with E-state index in [4.69, 9.17) is 5.73 Å². The second-order valence-corrected chi connectivity index (χ2v) is 6.00. The van der Waals surface area contributed by atoms with E-state index < -0.39 is 11.9 Å². The number of carboxylic acid groups (broad SMARTS) is 2. The molecule has 0 aliphatic carbocycles. The molecule has 0 amide bonds. The summed E-state index contributed by atoms with van der Waals surface area (Å²) in [6, 6.07) is 17.0. The van der Waals surface area contributed by atoms with Crippen LogP contribution in [-0.4, -0.2) is 26.7 Å². The molecule has 0 aliphatic rings. The number of aromatic carboxylic acids is 2. The molecule has 6 heteroatoms. The third kappa shape index (κ3) is 2.36. The number of anilines is 1. The SMILES string of the molecule is Nc1ccc(-n2c3ccc(C(=O)O)cc3c3cc(C(=O)O)ccc32)cc1. The summed E-state index contributed by atoms with van der Waals surface area (Å²) in [5.74, 6) is -2.07. The van der Waals surface area contributed by atoms with Crippen molar-refractivity contribution in [1.29, 1.82) is 0 Å². The van der Waals surface area contributed by atoms with Crippen LogP contribution in [0.15, 0.2) is 60.7 Å². The van der Waals surface area contributed by atoms with Gasteiger partial charge in [0.25, 0.3) is 0 Å². The van der Waals surface area contributed by atoms with E-state index in [0.29, 0.717) is 16.5 Å². The molecule has 3 aromatic carbocycles. The van der Waals surface area contributed by atoms with Crippen molar-refractivity contribution < 1.29 is 19.8 Å². The summed E-state index contributed by atoms with van der Waals surface area (Å²) in [6.07, 6.45) is 0. The van der Waals surface area contributed by atoms with Crippen LogP contribution >= 0.6 is 0 Å². The van der Waals surface area contributed by atoms with Gasteiger partial charge in [0.05, 0.1) is 22.2 Å². The first-order chi connectivity index (χ1) is 12.5. The van der Waals surface area contributed by atoms with Crippen LogP contribution in [0.25, 0.3) is 27.5 Å². The number of benzene rings is 3. The summed E-state index contributed by atoms with van der Waals surface area (Å²) in [6.45, 7) is 0. The van der Waals surface area contributed by atoms with Crippen molar-refractivity contribution in [2.45, 2.75) is 0 Å². The average molecular weight is 346 g/mol. The van der Waals surface area contributed by atoms with Gasteiger partial charge in [0, 0.05) is 22.1 Å². The third-order valence-corrected chi connectivity index (χ3v) is 4.41. The third-order valence-electron chi connectivity index (χ3n) is 4.41. The second kappa shape index (κ2) is 5.63. The zero-order chi connectivity index (χ0) is 18.4. The van der Waals surface area contributed by atoms with Gasteiger partial charge >= 0.3 is 11.9 Å². The molecule has 1 heterocycles. The van der Waals surface area contributed by atoms with Crippen LogP contribution < -0.4 is 5.73 Å². The van der Waals surface area contributed by atoms with Crippen molar-refractivity contribution in [3.63, 3.8) is 0 Å². The number of hydrogen-bond acceptors (Lipinski definition) is 3. The fourth-order valence-corrected chi connectivity index (χ4v) is 3.19. The topological polar surface area (TPSA) is 106 Å². The van der Waals surface area contributed by atoms with E-state index in [1.165, 1.54) is 12.1 Å². The van der Waals surface area contributed by atoms with Crippen LogP contribution in [0.3, 0.4) is 0 Å². The fraction of sp³-hybridized carbons (Fsp3) is 0. The maximum atomic E-state index is 11.4. The average Bonchev–Trinajstić information content (AvgIpc) is 2.95. The number of aromatic nitrogens is 1. The Morgan fingerprint density at radius 3 is 1.62 bits per heavy atom. The van der Waals surface area contributed by atoms with Crippen LogP contribution in [0.5, 0.6) is 0 Å². The molecule has 0 aliphatic heterocycles. The number of nitrogen functional groups attached to an aromatic ring is 1. The zero-order valence-electron chi connectivity index (χ0n) is 13.5. The van der Waals surface area contributed by atoms with Crippen molar-refractivity contribution >= 4 is 39.4 Å². The van der Waals surface area contributed by atoms with Crippen molar-refractivity contribution in [2.75, 3.05) is 5.73 Å². The molecule has 0 spiro atoms. The number of carbonyl (C=O) groups is 2. The summed E-state index contributed by atoms with van der Waals surface area (Å²) in [5.41, 5.74) is 9.13. The minimum absolute atomic E-state index is 0.148. The molecular formula is C20H14N2O4. The van der Waals surface area contributed by atoms with E-state index in [0.717, 1.165) is 16.7 Å². The van der Waals surface area contributed by atoms with E-state index in [1.54, 1.807) is 36.4 Å². The van der Waals surface area contributed by atoms with Crippen LogP contribution in [0.4, 0.5) is 5.69 Å². The Labute approximate surface area is 147 Å². The molecular weight excluding hydrogens is 332 g/mol. The highest BCUT2D eigenvalue weighted by Gasteiger charge is 2.16. The van der Waals surface area contributed by atoms with Gasteiger partial charge in [-0.15, -0.1) is 0 Å². The summed E-state index contributed by atoms with van der Waals surface area (Å²) in [7, 11) is 0. The Hall–Kier alpha value is -3.80. The van der Waals surface area contributed by atoms with E-state index in [1.807, 2.05) is 16.7 Å². The Morgan fingerprint density at radius 1 is 0.731 bits per heavy atom. The number of nitrogens with two attached hydrogens (primary N) is 1. The highest BCUT2D eigenvalue weighted by atomic mass is 16.4. The number of nitrogens with zero attached hydrogens (tertiary/aromatic N) is 1. The van der Waals surface area contributed by atoms with Crippen molar-refractivity contribution in [1.82, 2.24) is 4.57 Å². The van der Waals surface area contributed by atoms with E-state index in [9.17, 15) is 19.8 Å². The van der Waals surface area contributed by atoms with Crippen molar-refractivity contribution in [2.24, 2.45) is 0 Å². The monoisotopic (exact) mass is 346 g/mol. The van der Waals surface area contributed by atoms with Gasteiger partial charge in [-0.2, -0.15) is 0 Å². The second-order valence-electron chi connectivity index (χ2n) is 6.00. The van der Waals surface area contributed by atoms with Gasteiger partial charge in [-0.1, -0.05) is 0 Å². The molecule has 1 aromatic heterocycles. The quantitative estimate of drug-likeness (QED) is 0.490. The number of rotatable bonds is 3. The molecule has 4 rings (SSSR count). The molecule has 0 fully saturated rings. The van der Waals surface area contributed by atoms with Gasteiger partial charge in [0.2, 0.25) is 0 Å². The van der Waals surface area contributed by atoms with Gasteiger partial charge in [-0.05, 0) is 60.7 Å². The Bertz CT molecular complexity index is 1120. The lowest BCUT2D eigenvalue weighted by molar-refractivity contribution is 0.0686. The highest BCUT2D eigenvalue weighted by molar-refractivity contribution is 6.12. The zero-order valence-corrected chi connectivity index (χ0v) is 13.5. The minimum Gasteiger partial charge on any atom is -0.478 e. The molecule has 0 bridgehead atoms. The predicted octanol–water partition coefficient (Wildman–Crippen LogP) is 3.76. The molecule has 0 unspecified atom stereocenters. The fourth-order valence-electron chi connectivity index (χ4n) is 3.19. The molecule has 6 nitrogen and oxygen atoms in total. The van der Waals surface area contributed by atoms with Crippen LogP contribution in [0.1, 0.15) is 20.7 Å². The number of carboxylic acids is 2. The smallest absolute Gasteiger partial charge is 0.335 e. The van der Waals surface area contributed by atoms with Gasteiger partial charge < -0.3 is 20.5 Å². The molecule has 0 radical (unpaired) electrons. The standard InChI is InChI=1S/C20H14N2O4/c21-13-3-5-14(6-4-13)22-17-7-1-11(19(23)24)9-15(17)16-10-12(20(25)26)2-8-18(16)22/h1-10H,21H2,(H,23,24)(H,25,26). The van der Waals surface area contributed by atoms with Crippen molar-refractivity contribution in [3.05, 3.63) is 71.8 Å². The Kier molecular flexibility index (Phi) is 3.40. The first kappa shape index (κ1) is 15.7. The lowest BCUT2D eigenvalue weighted by atomic mass is 10.1. The maximum absolute atomic E-state index is 11.4. The number of fused-ring (bicyclic) bond motifs is 3. The molecule has 0 saturated carbocycles. The molecule has 0 saturated heterocycles. The highest BCUT2D eigenvalue weighted by Crippen LogP contribution is 2.33. The number of hydrogen-bond donors (Lipinski definition) is 3. The molecule has 0 atom stereocenters. The Morgan fingerprint density at radius 2 is 1.19 bits per heavy atom. The summed E-state index contributed by atoms with van der Waals surface area (Å²) in [5, 5.41) is 20.0. The minimum atomic E-state index is -1.03. The molecule has 4 N–H and O–H groups in total. The van der Waals surface area contributed by atoms with Crippen molar-refractivity contribution in [3.8, 4) is 5.69 Å². The normalized spacial score (nSPS) is 11.1. The largest absolute Gasteiger partial charge is 0.478 e. The van der Waals surface area contributed by atoms with Gasteiger partial charge in [-0.3, -0.25) is 0 Å². The van der Waals surface area contributed by atoms with Gasteiger partial charge in [0.1, 0.15) is 0 Å². The van der Waals surface area contributed by atoms with E-state index in [2.05, 4.69) is 0 Å². The van der Waals surface area contributed by atoms with Crippen LogP contribution in [-0.2, 0) is 0 Å². The Balaban J connectivity index is 2.13. The van der Waals surface area contributed by atoms with E-state index in [-0.39, 0.29) is 11.1 Å². The van der Waals surface area contributed by atoms with E-state index >= 15 is 0 Å². The lowest BCUT2D eigenvalue weighted by Gasteiger charge is -2.08. The maximum Gasteiger partial charge on any atom is 0.335 e. The summed E-state index contributed by atoms with van der Waals surface area (Å²) in [4.78, 5) is 22.7. The molecule has 4 aromatic rings. The summed E-state index contributed by atoms with van der Waals surface area (Å²) < 4.78 is 1.96. The molecule has 26 heavy (non-hydrogen) atoms. The van der Waals surface area contributed by atoms with Crippen LogP contribution in [0, 0.1) is 0 Å². The van der Waals surface area contributed by atoms with Gasteiger partial charge in [0.15, 0.2) is 0 Å². The first-order valence-corrected chi connectivity index (χ1v) is 7.86. The van der Waals surface area contributed by atoms with Crippen LogP contribution in [0.2, 0.25) is 0 Å². The predicted molar refractivity (Wildman–Crippen MR) is 99.1 cm³/mol. The molecule has 128 valence electrons. The summed E-state index contributed by atoms with van der Waals surface area (Å²) >= 11 is 0.